The number of fused-ring (bicyclic) bond motifs is 1. The van der Waals surface area contributed by atoms with Gasteiger partial charge >= 0.3 is 0 Å². The van der Waals surface area contributed by atoms with Crippen LogP contribution in [-0.4, -0.2) is 20.3 Å². The molecule has 0 saturated carbocycles. The largest absolute Gasteiger partial charge is 0.382 e. The lowest BCUT2D eigenvalue weighted by atomic mass is 9.87. The number of amides is 1. The van der Waals surface area contributed by atoms with Crippen molar-refractivity contribution in [3.8, 4) is 0 Å². The zero-order valence-electron chi connectivity index (χ0n) is 8.66. The number of carbonyl (C=O) groups is 1. The van der Waals surface area contributed by atoms with Crippen LogP contribution in [0.25, 0.3) is 0 Å². The highest BCUT2D eigenvalue weighted by Gasteiger charge is 2.23. The van der Waals surface area contributed by atoms with E-state index in [0.717, 1.165) is 29.5 Å². The lowest BCUT2D eigenvalue weighted by molar-refractivity contribution is -0.110. The minimum atomic E-state index is 0.0669. The Labute approximate surface area is 90.7 Å². The number of anilines is 1. The summed E-state index contributed by atoms with van der Waals surface area (Å²) in [7, 11) is 5.73. The van der Waals surface area contributed by atoms with Crippen LogP contribution in [-0.2, 0) is 4.79 Å². The van der Waals surface area contributed by atoms with Crippen molar-refractivity contribution in [2.24, 2.45) is 0 Å². The van der Waals surface area contributed by atoms with E-state index in [-0.39, 0.29) is 6.04 Å². The highest BCUT2D eigenvalue weighted by Crippen LogP contribution is 2.31. The molecule has 0 aliphatic carbocycles. The summed E-state index contributed by atoms with van der Waals surface area (Å²) in [6, 6.07) is 6.16. The van der Waals surface area contributed by atoms with Gasteiger partial charge in [0.25, 0.3) is 0 Å². The molecule has 2 N–H and O–H groups in total. The summed E-state index contributed by atoms with van der Waals surface area (Å²) in [6.07, 6.45) is 1.63. The number of nitrogens with one attached hydrogen (secondary N) is 2. The van der Waals surface area contributed by atoms with Crippen LogP contribution in [0.3, 0.4) is 0 Å². The van der Waals surface area contributed by atoms with Crippen molar-refractivity contribution in [1.29, 1.82) is 0 Å². The SMILES string of the molecule is [B]c1ccc2c(c1)[C@H](NC=O)C[C@H](C)N2. The number of hydrogen-bond acceptors (Lipinski definition) is 2. The molecule has 0 fully saturated rings. The van der Waals surface area contributed by atoms with E-state index in [9.17, 15) is 4.79 Å². The lowest BCUT2D eigenvalue weighted by Crippen LogP contribution is -2.33. The summed E-state index contributed by atoms with van der Waals surface area (Å²) in [6.45, 7) is 2.10. The number of rotatable bonds is 2. The first-order chi connectivity index (χ1) is 7.20. The average molecular weight is 200 g/mol. The molecule has 0 spiro atoms. The van der Waals surface area contributed by atoms with Crippen molar-refractivity contribution in [3.63, 3.8) is 0 Å². The third-order valence-corrected chi connectivity index (χ3v) is 2.71. The Morgan fingerprint density at radius 2 is 2.40 bits per heavy atom. The average Bonchev–Trinajstić information content (AvgIpc) is 2.19. The zero-order chi connectivity index (χ0) is 10.8. The van der Waals surface area contributed by atoms with Crippen LogP contribution in [0, 0.1) is 0 Å². The minimum absolute atomic E-state index is 0.0669. The van der Waals surface area contributed by atoms with E-state index in [1.165, 1.54) is 0 Å². The monoisotopic (exact) mass is 200 g/mol. The second-order valence-corrected chi connectivity index (χ2v) is 3.96. The molecule has 0 saturated heterocycles. The Hall–Kier alpha value is -1.45. The Morgan fingerprint density at radius 3 is 3.13 bits per heavy atom. The van der Waals surface area contributed by atoms with Gasteiger partial charge in [0.1, 0.15) is 7.85 Å². The molecule has 2 radical (unpaired) electrons. The maximum absolute atomic E-state index is 10.5. The van der Waals surface area contributed by atoms with Gasteiger partial charge in [-0.2, -0.15) is 0 Å². The normalized spacial score (nSPS) is 23.8. The molecular weight excluding hydrogens is 187 g/mol. The van der Waals surface area contributed by atoms with Crippen LogP contribution < -0.4 is 16.1 Å². The van der Waals surface area contributed by atoms with E-state index in [1.807, 2.05) is 18.2 Å². The predicted molar refractivity (Wildman–Crippen MR) is 61.5 cm³/mol. The van der Waals surface area contributed by atoms with Crippen LogP contribution in [0.5, 0.6) is 0 Å². The highest BCUT2D eigenvalue weighted by molar-refractivity contribution is 6.32. The fourth-order valence-electron chi connectivity index (χ4n) is 2.05. The van der Waals surface area contributed by atoms with Crippen molar-refractivity contribution < 1.29 is 4.79 Å². The van der Waals surface area contributed by atoms with Gasteiger partial charge in [-0.3, -0.25) is 4.79 Å². The van der Waals surface area contributed by atoms with E-state index >= 15 is 0 Å². The van der Waals surface area contributed by atoms with Gasteiger partial charge in [-0.1, -0.05) is 17.6 Å². The molecule has 0 aromatic heterocycles. The number of benzene rings is 1. The molecule has 1 aliphatic heterocycles. The molecule has 1 aromatic rings. The van der Waals surface area contributed by atoms with Crippen molar-refractivity contribution in [1.82, 2.24) is 5.32 Å². The second-order valence-electron chi connectivity index (χ2n) is 3.96. The van der Waals surface area contributed by atoms with Gasteiger partial charge in [0.05, 0.1) is 6.04 Å². The molecule has 0 unspecified atom stereocenters. The summed E-state index contributed by atoms with van der Waals surface area (Å²) in [5.41, 5.74) is 2.85. The molecule has 1 aliphatic rings. The van der Waals surface area contributed by atoms with Crippen molar-refractivity contribution >= 4 is 25.4 Å². The Kier molecular flexibility index (Phi) is 2.67. The van der Waals surface area contributed by atoms with Gasteiger partial charge in [0.15, 0.2) is 0 Å². The molecule has 2 rings (SSSR count). The quantitative estimate of drug-likeness (QED) is 0.538. The molecule has 0 bridgehead atoms. The molecule has 3 nitrogen and oxygen atoms in total. The summed E-state index contributed by atoms with van der Waals surface area (Å²) in [5, 5.41) is 6.19. The third-order valence-electron chi connectivity index (χ3n) is 2.71. The van der Waals surface area contributed by atoms with E-state index in [1.54, 1.807) is 0 Å². The first-order valence-corrected chi connectivity index (χ1v) is 5.06. The van der Waals surface area contributed by atoms with Crippen molar-refractivity contribution in [2.75, 3.05) is 5.32 Å². The van der Waals surface area contributed by atoms with E-state index in [2.05, 4.69) is 17.6 Å². The third kappa shape index (κ3) is 1.98. The van der Waals surface area contributed by atoms with Gasteiger partial charge < -0.3 is 10.6 Å². The highest BCUT2D eigenvalue weighted by atomic mass is 16.1. The minimum Gasteiger partial charge on any atom is -0.382 e. The summed E-state index contributed by atoms with van der Waals surface area (Å²) in [4.78, 5) is 10.5. The molecule has 15 heavy (non-hydrogen) atoms. The summed E-state index contributed by atoms with van der Waals surface area (Å²) in [5.74, 6) is 0. The number of carbonyl (C=O) groups excluding carboxylic acids is 1. The maximum Gasteiger partial charge on any atom is 0.207 e. The summed E-state index contributed by atoms with van der Waals surface area (Å²) < 4.78 is 0. The standard InChI is InChI=1S/C11H13BN2O/c1-7-4-11(13-6-15)9-5-8(12)2-3-10(9)14-7/h2-3,5-7,11,14H,4H2,1H3,(H,13,15)/t7-,11+/m0/s1. The van der Waals surface area contributed by atoms with Crippen LogP contribution >= 0.6 is 0 Å². The van der Waals surface area contributed by atoms with E-state index in [0.29, 0.717) is 6.04 Å². The van der Waals surface area contributed by atoms with E-state index in [4.69, 9.17) is 7.85 Å². The molecule has 1 aromatic carbocycles. The fraction of sp³-hybridized carbons (Fsp3) is 0.364. The molecular formula is C11H13BN2O. The van der Waals surface area contributed by atoms with Crippen LogP contribution in [0.2, 0.25) is 0 Å². The Bertz CT molecular complexity index is 381. The molecule has 2 atom stereocenters. The topological polar surface area (TPSA) is 41.1 Å². The van der Waals surface area contributed by atoms with Crippen LogP contribution in [0.1, 0.15) is 24.9 Å². The smallest absolute Gasteiger partial charge is 0.207 e. The van der Waals surface area contributed by atoms with Gasteiger partial charge in [-0.15, -0.1) is 0 Å². The van der Waals surface area contributed by atoms with Gasteiger partial charge in [-0.05, 0) is 25.0 Å². The van der Waals surface area contributed by atoms with Gasteiger partial charge in [0.2, 0.25) is 6.41 Å². The summed E-state index contributed by atoms with van der Waals surface area (Å²) >= 11 is 0. The zero-order valence-corrected chi connectivity index (χ0v) is 8.66. The first kappa shape index (κ1) is 10.1. The second kappa shape index (κ2) is 3.97. The van der Waals surface area contributed by atoms with Gasteiger partial charge in [0, 0.05) is 11.7 Å². The molecule has 1 heterocycles. The van der Waals surface area contributed by atoms with Crippen LogP contribution in [0.4, 0.5) is 5.69 Å². The number of hydrogen-bond donors (Lipinski definition) is 2. The first-order valence-electron chi connectivity index (χ1n) is 5.06. The Morgan fingerprint density at radius 1 is 1.60 bits per heavy atom. The predicted octanol–water partition coefficient (Wildman–Crippen LogP) is 0.472. The van der Waals surface area contributed by atoms with Crippen molar-refractivity contribution in [3.05, 3.63) is 23.8 Å². The molecule has 1 amide bonds. The van der Waals surface area contributed by atoms with E-state index < -0.39 is 0 Å². The fourth-order valence-corrected chi connectivity index (χ4v) is 2.05. The Balaban J connectivity index is 2.38. The molecule has 76 valence electrons. The van der Waals surface area contributed by atoms with Crippen molar-refractivity contribution in [2.45, 2.75) is 25.4 Å². The maximum atomic E-state index is 10.5. The lowest BCUT2D eigenvalue weighted by Gasteiger charge is -2.31. The molecule has 4 heteroatoms. The van der Waals surface area contributed by atoms with Gasteiger partial charge in [-0.25, -0.2) is 0 Å². The van der Waals surface area contributed by atoms with Crippen LogP contribution in [0.15, 0.2) is 18.2 Å².